The van der Waals surface area contributed by atoms with Gasteiger partial charge in [-0.25, -0.2) is 19.9 Å². The number of aryl methyl sites for hydroxylation is 2. The molecule has 0 aliphatic carbocycles. The van der Waals surface area contributed by atoms with Crippen LogP contribution in [0.3, 0.4) is 0 Å². The lowest BCUT2D eigenvalue weighted by Crippen LogP contribution is -2.54. The average Bonchev–Trinajstić information content (AvgIpc) is 3.77. The van der Waals surface area contributed by atoms with Gasteiger partial charge >= 0.3 is 13.2 Å². The topological polar surface area (TPSA) is 139 Å². The van der Waals surface area contributed by atoms with Gasteiger partial charge in [0, 0.05) is 91.4 Å². The molecule has 6 aromatic rings. The minimum atomic E-state index is -3.48. The molecule has 0 unspecified atom stereocenters. The molecule has 0 amide bonds. The molecule has 3 aliphatic rings. The summed E-state index contributed by atoms with van der Waals surface area (Å²) in [6, 6.07) is 14.3. The Hall–Kier alpha value is -5.57. The number of nitrogens with one attached hydrogen (secondary N) is 1. The number of piperidine rings is 1. The van der Waals surface area contributed by atoms with E-state index in [2.05, 4.69) is 25.3 Å². The first-order chi connectivity index (χ1) is 29.3. The van der Waals surface area contributed by atoms with Gasteiger partial charge in [-0.15, -0.1) is 0 Å². The maximum atomic E-state index is 13.3. The van der Waals surface area contributed by atoms with Crippen LogP contribution in [0.5, 0.6) is 11.5 Å². The number of rotatable bonds is 12. The highest BCUT2D eigenvalue weighted by molar-refractivity contribution is 7.86. The van der Waals surface area contributed by atoms with E-state index in [4.69, 9.17) is 9.47 Å². The molecule has 324 valence electrons. The molecule has 9 rings (SSSR count). The van der Waals surface area contributed by atoms with Crippen molar-refractivity contribution in [3.63, 3.8) is 0 Å². The number of halogens is 4. The van der Waals surface area contributed by atoms with Crippen LogP contribution in [-0.4, -0.2) is 113 Å². The summed E-state index contributed by atoms with van der Waals surface area (Å²) in [6.45, 7) is -2.44. The number of benzene rings is 2. The number of alkyl halides is 4. The smallest absolute Gasteiger partial charge is 0.387 e. The quantitative estimate of drug-likeness (QED) is 0.135. The third-order valence-electron chi connectivity index (χ3n) is 11.5. The van der Waals surface area contributed by atoms with Crippen LogP contribution >= 0.6 is 0 Å². The van der Waals surface area contributed by atoms with E-state index < -0.39 is 23.4 Å². The molecule has 4 aromatic heterocycles. The van der Waals surface area contributed by atoms with E-state index in [1.807, 2.05) is 47.5 Å². The van der Waals surface area contributed by atoms with Gasteiger partial charge in [-0.3, -0.25) is 0 Å². The molecular formula is C41H47F4N11O4S. The van der Waals surface area contributed by atoms with Gasteiger partial charge in [0.05, 0.1) is 47.5 Å². The highest BCUT2D eigenvalue weighted by atomic mass is 32.2. The summed E-state index contributed by atoms with van der Waals surface area (Å²) in [7, 11) is 3.80. The Kier molecular flexibility index (Phi) is 12.0. The first kappa shape index (κ1) is 42.1. The number of fused-ring (bicyclic) bond motifs is 2. The summed E-state index contributed by atoms with van der Waals surface area (Å²) >= 11 is 0. The van der Waals surface area contributed by atoms with Crippen molar-refractivity contribution in [2.75, 3.05) is 63.2 Å². The Balaban J connectivity index is 0.000000176. The molecule has 0 spiro atoms. The normalized spacial score (nSPS) is 16.7. The van der Waals surface area contributed by atoms with Crippen molar-refractivity contribution in [3.05, 3.63) is 84.7 Å². The molecular weight excluding hydrogens is 819 g/mol. The van der Waals surface area contributed by atoms with Crippen LogP contribution in [0.25, 0.3) is 22.1 Å². The fourth-order valence-electron chi connectivity index (χ4n) is 7.78. The number of aromatic nitrogens is 6. The largest absolute Gasteiger partial charge is 0.433 e. The Morgan fingerprint density at radius 2 is 1.15 bits per heavy atom. The van der Waals surface area contributed by atoms with E-state index in [-0.39, 0.29) is 17.4 Å². The molecule has 15 nitrogen and oxygen atoms in total. The second-order valence-corrected chi connectivity index (χ2v) is 17.4. The van der Waals surface area contributed by atoms with Crippen molar-refractivity contribution in [3.8, 4) is 11.5 Å². The van der Waals surface area contributed by atoms with Crippen molar-refractivity contribution in [1.29, 1.82) is 0 Å². The number of imidazole rings is 2. The fourth-order valence-corrected chi connectivity index (χ4v) is 9.56. The van der Waals surface area contributed by atoms with E-state index in [0.717, 1.165) is 65.5 Å². The number of anilines is 4. The molecule has 1 N–H and O–H groups in total. The Labute approximate surface area is 350 Å². The molecule has 3 fully saturated rings. The van der Waals surface area contributed by atoms with E-state index in [1.54, 1.807) is 77.5 Å². The van der Waals surface area contributed by atoms with Crippen molar-refractivity contribution >= 4 is 55.3 Å². The van der Waals surface area contributed by atoms with Gasteiger partial charge in [-0.05, 0) is 48.2 Å². The van der Waals surface area contributed by atoms with Gasteiger partial charge < -0.3 is 33.7 Å². The number of pyridine rings is 2. The van der Waals surface area contributed by atoms with Crippen LogP contribution in [0.2, 0.25) is 0 Å². The molecule has 20 heteroatoms. The maximum Gasteiger partial charge on any atom is 0.387 e. The SMILES string of the molecule is CN(c1cc2c(cn1)ncn2C)c1ccc(C2CN(S(=O)(=O)N3CCCCC3)C2)cc1OC(F)F.CN(c1cc2c(cn1)ncn2C)c1ccc(C2CNC2)cc1OC(F)F. The molecule has 3 saturated heterocycles. The van der Waals surface area contributed by atoms with Crippen LogP contribution in [0.4, 0.5) is 40.6 Å². The minimum absolute atomic E-state index is 0.0178. The van der Waals surface area contributed by atoms with Gasteiger partial charge in [-0.2, -0.15) is 34.6 Å². The molecule has 0 saturated carbocycles. The summed E-state index contributed by atoms with van der Waals surface area (Å²) < 4.78 is 94.6. The van der Waals surface area contributed by atoms with Crippen LogP contribution < -0.4 is 24.6 Å². The van der Waals surface area contributed by atoms with Gasteiger partial charge in [-0.1, -0.05) is 18.6 Å². The second kappa shape index (κ2) is 17.4. The van der Waals surface area contributed by atoms with Crippen LogP contribution in [0.15, 0.2) is 73.6 Å². The third-order valence-corrected chi connectivity index (χ3v) is 13.5. The zero-order valence-corrected chi connectivity index (χ0v) is 34.9. The number of hydrogen-bond donors (Lipinski definition) is 1. The van der Waals surface area contributed by atoms with Crippen LogP contribution in [-0.2, 0) is 24.3 Å². The van der Waals surface area contributed by atoms with Crippen LogP contribution in [0, 0.1) is 0 Å². The van der Waals surface area contributed by atoms with Crippen molar-refractivity contribution in [2.45, 2.75) is 44.3 Å². The molecule has 3 aliphatic heterocycles. The Bertz CT molecular complexity index is 2610. The highest BCUT2D eigenvalue weighted by Crippen LogP contribution is 2.40. The maximum absolute atomic E-state index is 13.3. The highest BCUT2D eigenvalue weighted by Gasteiger charge is 2.40. The van der Waals surface area contributed by atoms with Crippen LogP contribution in [0.1, 0.15) is 42.2 Å². The lowest BCUT2D eigenvalue weighted by Gasteiger charge is -2.42. The minimum Gasteiger partial charge on any atom is -0.433 e. The predicted molar refractivity (Wildman–Crippen MR) is 224 cm³/mol. The fraction of sp³-hybridized carbons (Fsp3) is 0.415. The first-order valence-corrected chi connectivity index (χ1v) is 21.3. The average molecular weight is 866 g/mol. The van der Waals surface area contributed by atoms with Gasteiger partial charge in [0.25, 0.3) is 10.2 Å². The summed E-state index contributed by atoms with van der Waals surface area (Å²) in [6.07, 6.45) is 9.50. The molecule has 61 heavy (non-hydrogen) atoms. The summed E-state index contributed by atoms with van der Waals surface area (Å²) in [5.74, 6) is 1.59. The lowest BCUT2D eigenvalue weighted by molar-refractivity contribution is -0.0502. The monoisotopic (exact) mass is 865 g/mol. The van der Waals surface area contributed by atoms with E-state index in [9.17, 15) is 26.0 Å². The summed E-state index contributed by atoms with van der Waals surface area (Å²) in [4.78, 5) is 20.7. The molecule has 0 radical (unpaired) electrons. The van der Waals surface area contributed by atoms with Gasteiger partial charge in [0.1, 0.15) is 34.2 Å². The first-order valence-electron chi connectivity index (χ1n) is 19.9. The number of hydrogen-bond acceptors (Lipinski definition) is 11. The number of nitrogens with zero attached hydrogens (tertiary/aromatic N) is 10. The Morgan fingerprint density at radius 1 is 0.672 bits per heavy atom. The zero-order valence-electron chi connectivity index (χ0n) is 34.1. The molecule has 0 bridgehead atoms. The van der Waals surface area contributed by atoms with E-state index >= 15 is 0 Å². The third kappa shape index (κ3) is 8.80. The summed E-state index contributed by atoms with van der Waals surface area (Å²) in [5, 5.41) is 3.19. The van der Waals surface area contributed by atoms with Crippen molar-refractivity contribution in [1.82, 2.24) is 43.0 Å². The number of ether oxygens (including phenoxy) is 2. The zero-order chi connectivity index (χ0) is 43.0. The molecule has 7 heterocycles. The second-order valence-electron chi connectivity index (χ2n) is 15.4. The van der Waals surface area contributed by atoms with Crippen molar-refractivity contribution in [2.24, 2.45) is 14.1 Å². The van der Waals surface area contributed by atoms with Gasteiger partial charge in [0.2, 0.25) is 0 Å². The predicted octanol–water partition coefficient (Wildman–Crippen LogP) is 6.49. The summed E-state index contributed by atoms with van der Waals surface area (Å²) in [5.41, 5.74) is 6.01. The van der Waals surface area contributed by atoms with Gasteiger partial charge in [0.15, 0.2) is 0 Å². The lowest BCUT2D eigenvalue weighted by atomic mass is 9.93. The molecule has 0 atom stereocenters. The van der Waals surface area contributed by atoms with E-state index in [0.29, 0.717) is 55.1 Å². The van der Waals surface area contributed by atoms with Crippen molar-refractivity contribution < 1.29 is 35.5 Å². The standard InChI is InChI=1S/C23H28F2N6O3S.C18H19F2N5O/c1-28-15-27-18-12-26-22(11-20(18)28)29(2)19-7-6-16(10-21(19)34-23(24)25)17-13-31(14-17)35(32,33)30-8-4-3-5-9-30;1-24-10-23-13-9-22-17(6-15(13)24)25(2)14-4-3-11(12-7-21-8-12)5-16(14)26-18(19)20/h6-7,10-12,15,17,23H,3-5,8-9,13-14H2,1-2H3;3-6,9-10,12,18,21H,7-8H2,1-2H3. The van der Waals surface area contributed by atoms with E-state index in [1.165, 1.54) is 4.31 Å². The molecule has 2 aromatic carbocycles. The Morgan fingerprint density at radius 3 is 1.59 bits per heavy atom.